The molecule has 0 spiro atoms. The molecule has 29 heavy (non-hydrogen) atoms. The van der Waals surface area contributed by atoms with Crippen LogP contribution < -0.4 is 16.0 Å². The molecule has 0 unspecified atom stereocenters. The van der Waals surface area contributed by atoms with Crippen LogP contribution in [-0.2, 0) is 4.79 Å². The Bertz CT molecular complexity index is 878. The molecule has 4 rings (SSSR count). The van der Waals surface area contributed by atoms with E-state index in [1.54, 1.807) is 6.07 Å². The minimum Gasteiger partial charge on any atom is -0.372 e. The van der Waals surface area contributed by atoms with Crippen LogP contribution in [-0.4, -0.2) is 49.4 Å². The number of amides is 2. The molecule has 2 heterocycles. The number of hydrogen-bond acceptors (Lipinski definition) is 4. The zero-order chi connectivity index (χ0) is 19.0. The highest BCUT2D eigenvalue weighted by molar-refractivity contribution is 6.01. The summed E-state index contributed by atoms with van der Waals surface area (Å²) >= 11 is 0. The molecule has 2 amide bonds. The topological polar surface area (TPSA) is 78.7 Å². The highest BCUT2D eigenvalue weighted by Crippen LogP contribution is 2.31. The minimum atomic E-state index is -0.0805. The third kappa shape index (κ3) is 4.66. The maximum Gasteiger partial charge on any atom is 0.254 e. The van der Waals surface area contributed by atoms with Gasteiger partial charge in [-0.15, -0.1) is 24.8 Å². The van der Waals surface area contributed by atoms with Crippen LogP contribution in [0.3, 0.4) is 0 Å². The van der Waals surface area contributed by atoms with Crippen LogP contribution in [0, 0.1) is 0 Å². The summed E-state index contributed by atoms with van der Waals surface area (Å²) in [5, 5.41) is 2.91. The fraction of sp³-hybridized carbons (Fsp3) is 0.333. The van der Waals surface area contributed by atoms with E-state index in [0.29, 0.717) is 37.3 Å². The summed E-state index contributed by atoms with van der Waals surface area (Å²) in [6.07, 6.45) is 0.439. The van der Waals surface area contributed by atoms with E-state index in [2.05, 4.69) is 17.4 Å². The zero-order valence-electron chi connectivity index (χ0n) is 16.2. The second-order valence-corrected chi connectivity index (χ2v) is 7.34. The van der Waals surface area contributed by atoms with E-state index in [-0.39, 0.29) is 48.6 Å². The molecule has 2 aliphatic rings. The van der Waals surface area contributed by atoms with Gasteiger partial charge in [-0.3, -0.25) is 9.59 Å². The third-order valence-electron chi connectivity index (χ3n) is 5.48. The Kier molecular flexibility index (Phi) is 7.52. The zero-order valence-corrected chi connectivity index (χ0v) is 17.8. The highest BCUT2D eigenvalue weighted by atomic mass is 35.5. The van der Waals surface area contributed by atoms with E-state index >= 15 is 0 Å². The molecule has 3 N–H and O–H groups in total. The molecule has 0 saturated carbocycles. The summed E-state index contributed by atoms with van der Waals surface area (Å²) in [5.41, 5.74) is 9.68. The molecule has 2 atom stereocenters. The minimum absolute atomic E-state index is 0. The van der Waals surface area contributed by atoms with Gasteiger partial charge in [0.25, 0.3) is 5.91 Å². The number of halogens is 2. The van der Waals surface area contributed by atoms with Crippen molar-refractivity contribution in [3.63, 3.8) is 0 Å². The van der Waals surface area contributed by atoms with Crippen molar-refractivity contribution in [2.24, 2.45) is 5.73 Å². The van der Waals surface area contributed by atoms with Gasteiger partial charge in [0.15, 0.2) is 0 Å². The van der Waals surface area contributed by atoms with Crippen LogP contribution in [0.4, 0.5) is 11.4 Å². The lowest BCUT2D eigenvalue weighted by molar-refractivity contribution is -0.115. The molecule has 2 aliphatic heterocycles. The first-order chi connectivity index (χ1) is 13.0. The van der Waals surface area contributed by atoms with E-state index in [9.17, 15) is 9.59 Å². The second kappa shape index (κ2) is 9.48. The van der Waals surface area contributed by atoms with Crippen molar-refractivity contribution < 1.29 is 9.59 Å². The average molecular weight is 437 g/mol. The molecule has 6 nitrogen and oxygen atoms in total. The molecule has 2 aromatic rings. The van der Waals surface area contributed by atoms with Gasteiger partial charge in [0.2, 0.25) is 5.91 Å². The molecule has 8 heteroatoms. The Morgan fingerprint density at radius 3 is 2.55 bits per heavy atom. The maximum atomic E-state index is 13.0. The predicted octanol–water partition coefficient (Wildman–Crippen LogP) is 2.88. The van der Waals surface area contributed by atoms with E-state index in [0.717, 1.165) is 11.3 Å². The summed E-state index contributed by atoms with van der Waals surface area (Å²) < 4.78 is 0. The Labute approximate surface area is 183 Å². The largest absolute Gasteiger partial charge is 0.372 e. The normalized spacial score (nSPS) is 20.7. The van der Waals surface area contributed by atoms with Gasteiger partial charge in [-0.05, 0) is 23.8 Å². The SMILES string of the molecule is CN1CCC(=O)Nc2cc(C(=O)N3C[C@@H](N)[C@H](c4ccccc4)C3)ccc21.Cl.Cl. The molecule has 1 saturated heterocycles. The van der Waals surface area contributed by atoms with Gasteiger partial charge < -0.3 is 20.9 Å². The lowest BCUT2D eigenvalue weighted by atomic mass is 9.95. The molecule has 0 radical (unpaired) electrons. The second-order valence-electron chi connectivity index (χ2n) is 7.34. The Morgan fingerprint density at radius 1 is 1.10 bits per heavy atom. The monoisotopic (exact) mass is 436 g/mol. The first-order valence-electron chi connectivity index (χ1n) is 9.28. The van der Waals surface area contributed by atoms with Crippen LogP contribution in [0.25, 0.3) is 0 Å². The first-order valence-corrected chi connectivity index (χ1v) is 9.28. The summed E-state index contributed by atoms with van der Waals surface area (Å²) in [4.78, 5) is 28.8. The van der Waals surface area contributed by atoms with Crippen LogP contribution in [0.2, 0.25) is 0 Å². The van der Waals surface area contributed by atoms with Crippen molar-refractivity contribution >= 4 is 48.0 Å². The lowest BCUT2D eigenvalue weighted by Crippen LogP contribution is -2.32. The molecule has 156 valence electrons. The number of nitrogens with zero attached hydrogens (tertiary/aromatic N) is 2. The number of anilines is 2. The Balaban J connectivity index is 0.00000150. The molecule has 0 aliphatic carbocycles. The van der Waals surface area contributed by atoms with Crippen LogP contribution in [0.1, 0.15) is 28.3 Å². The molecule has 0 aromatic heterocycles. The average Bonchev–Trinajstić information content (AvgIpc) is 3.01. The van der Waals surface area contributed by atoms with Crippen molar-refractivity contribution in [1.82, 2.24) is 4.90 Å². The smallest absolute Gasteiger partial charge is 0.254 e. The van der Waals surface area contributed by atoms with Gasteiger partial charge >= 0.3 is 0 Å². The maximum absolute atomic E-state index is 13.0. The molecular weight excluding hydrogens is 411 g/mol. The van der Waals surface area contributed by atoms with Crippen molar-refractivity contribution in [3.8, 4) is 0 Å². The van der Waals surface area contributed by atoms with Crippen LogP contribution in [0.5, 0.6) is 0 Å². The predicted molar refractivity (Wildman–Crippen MR) is 121 cm³/mol. The molecular formula is C21H26Cl2N4O2. The van der Waals surface area contributed by atoms with Gasteiger partial charge in [-0.1, -0.05) is 30.3 Å². The molecule has 2 aromatic carbocycles. The van der Waals surface area contributed by atoms with Crippen molar-refractivity contribution in [3.05, 3.63) is 59.7 Å². The van der Waals surface area contributed by atoms with E-state index in [1.807, 2.05) is 47.2 Å². The third-order valence-corrected chi connectivity index (χ3v) is 5.48. The van der Waals surface area contributed by atoms with Crippen LogP contribution >= 0.6 is 24.8 Å². The van der Waals surface area contributed by atoms with Crippen molar-refractivity contribution in [2.45, 2.75) is 18.4 Å². The number of rotatable bonds is 2. The summed E-state index contributed by atoms with van der Waals surface area (Å²) in [5.74, 6) is 0.0622. The number of likely N-dealkylation sites (tertiary alicyclic amines) is 1. The van der Waals surface area contributed by atoms with E-state index in [4.69, 9.17) is 5.73 Å². The lowest BCUT2D eigenvalue weighted by Gasteiger charge is -2.20. The van der Waals surface area contributed by atoms with E-state index in [1.165, 1.54) is 0 Å². The van der Waals surface area contributed by atoms with Gasteiger partial charge in [-0.2, -0.15) is 0 Å². The van der Waals surface area contributed by atoms with E-state index < -0.39 is 0 Å². The number of carbonyl (C=O) groups is 2. The highest BCUT2D eigenvalue weighted by Gasteiger charge is 2.34. The fourth-order valence-corrected chi connectivity index (χ4v) is 3.93. The van der Waals surface area contributed by atoms with Crippen molar-refractivity contribution in [1.29, 1.82) is 0 Å². The van der Waals surface area contributed by atoms with Gasteiger partial charge in [-0.25, -0.2) is 0 Å². The van der Waals surface area contributed by atoms with Crippen molar-refractivity contribution in [2.75, 3.05) is 36.9 Å². The van der Waals surface area contributed by atoms with Gasteiger partial charge in [0.05, 0.1) is 11.4 Å². The fourth-order valence-electron chi connectivity index (χ4n) is 3.93. The number of carbonyl (C=O) groups excluding carboxylic acids is 2. The first kappa shape index (κ1) is 23.0. The quantitative estimate of drug-likeness (QED) is 0.758. The molecule has 0 bridgehead atoms. The number of nitrogens with two attached hydrogens (primary N) is 1. The Hall–Kier alpha value is -2.28. The standard InChI is InChI=1S/C21H24N4O2.2ClH/c1-24-10-9-20(26)23-18-11-15(7-8-19(18)24)21(27)25-12-16(17(22)13-25)14-5-3-2-4-6-14;;/h2-8,11,16-17H,9-10,12-13,22H2,1H3,(H,23,26);2*1H/t16-,17+;;/m0../s1. The van der Waals surface area contributed by atoms with Crippen LogP contribution in [0.15, 0.2) is 48.5 Å². The summed E-state index contributed by atoms with van der Waals surface area (Å²) in [6.45, 7) is 1.79. The number of nitrogens with one attached hydrogen (secondary N) is 1. The number of fused-ring (bicyclic) bond motifs is 1. The Morgan fingerprint density at radius 2 is 1.83 bits per heavy atom. The molecule has 1 fully saturated rings. The number of benzene rings is 2. The summed E-state index contributed by atoms with van der Waals surface area (Å²) in [6, 6.07) is 15.5. The van der Waals surface area contributed by atoms with Gasteiger partial charge in [0, 0.05) is 50.6 Å². The summed E-state index contributed by atoms with van der Waals surface area (Å²) in [7, 11) is 1.95. The van der Waals surface area contributed by atoms with Gasteiger partial charge in [0.1, 0.15) is 0 Å². The number of hydrogen-bond donors (Lipinski definition) is 2.